The third kappa shape index (κ3) is 2.56. The van der Waals surface area contributed by atoms with Crippen LogP contribution in [0, 0.1) is 0 Å². The van der Waals surface area contributed by atoms with E-state index in [2.05, 4.69) is 10.6 Å². The highest BCUT2D eigenvalue weighted by Gasteiger charge is 2.45. The van der Waals surface area contributed by atoms with Gasteiger partial charge in [-0.15, -0.1) is 0 Å². The van der Waals surface area contributed by atoms with Crippen LogP contribution in [0.25, 0.3) is 0 Å². The number of nitrogens with one attached hydrogen (secondary N) is 2. The molecule has 2 rings (SSSR count). The van der Waals surface area contributed by atoms with Crippen LogP contribution in [0.1, 0.15) is 25.7 Å². The first-order chi connectivity index (χ1) is 9.08. The maximum Gasteiger partial charge on any atom is 0.246 e. The number of carbonyl (C=O) groups is 3. The van der Waals surface area contributed by atoms with Gasteiger partial charge in [0, 0.05) is 13.1 Å². The number of likely N-dealkylation sites (N-methyl/N-ethyl adjacent to an activating group) is 1. The fraction of sp³-hybridized carbons (Fsp3) is 0.750. The number of fused-ring (bicyclic) bond motifs is 1. The zero-order valence-corrected chi connectivity index (χ0v) is 11.0. The summed E-state index contributed by atoms with van der Waals surface area (Å²) in [5.74, 6) is -0.640. The third-order valence-electron chi connectivity index (χ3n) is 3.91. The molecule has 2 saturated heterocycles. The van der Waals surface area contributed by atoms with Crippen LogP contribution >= 0.6 is 0 Å². The lowest BCUT2D eigenvalue weighted by atomic mass is 9.98. The Balaban J connectivity index is 2.09. The van der Waals surface area contributed by atoms with Gasteiger partial charge < -0.3 is 21.3 Å². The lowest BCUT2D eigenvalue weighted by molar-refractivity contribution is -0.145. The van der Waals surface area contributed by atoms with Crippen LogP contribution in [0.4, 0.5) is 0 Å². The highest BCUT2D eigenvalue weighted by Crippen LogP contribution is 2.32. The lowest BCUT2D eigenvalue weighted by Gasteiger charge is -2.37. The Morgan fingerprint density at radius 3 is 2.63 bits per heavy atom. The predicted molar refractivity (Wildman–Crippen MR) is 67.9 cm³/mol. The van der Waals surface area contributed by atoms with Gasteiger partial charge in [-0.1, -0.05) is 0 Å². The molecule has 7 nitrogen and oxygen atoms in total. The van der Waals surface area contributed by atoms with Crippen molar-refractivity contribution in [2.75, 3.05) is 13.6 Å². The second-order valence-corrected chi connectivity index (χ2v) is 5.01. The van der Waals surface area contributed by atoms with Gasteiger partial charge in [0.05, 0.1) is 6.54 Å². The summed E-state index contributed by atoms with van der Waals surface area (Å²) < 4.78 is 0. The number of carbonyl (C=O) groups excluding carboxylic acids is 3. The fourth-order valence-electron chi connectivity index (χ4n) is 2.97. The van der Waals surface area contributed by atoms with Crippen molar-refractivity contribution in [3.63, 3.8) is 0 Å². The maximum atomic E-state index is 12.4. The molecular weight excluding hydrogens is 248 g/mol. The molecule has 19 heavy (non-hydrogen) atoms. The van der Waals surface area contributed by atoms with Gasteiger partial charge in [-0.2, -0.15) is 0 Å². The van der Waals surface area contributed by atoms with Gasteiger partial charge in [-0.3, -0.25) is 14.4 Å². The van der Waals surface area contributed by atoms with E-state index in [4.69, 9.17) is 5.73 Å². The van der Waals surface area contributed by atoms with Gasteiger partial charge in [0.15, 0.2) is 0 Å². The van der Waals surface area contributed by atoms with Gasteiger partial charge in [-0.05, 0) is 25.7 Å². The summed E-state index contributed by atoms with van der Waals surface area (Å²) in [6.07, 6.45) is 2.97. The molecule has 0 saturated carbocycles. The Morgan fingerprint density at radius 1 is 1.32 bits per heavy atom. The number of nitrogens with zero attached hydrogens (tertiary/aromatic N) is 1. The summed E-state index contributed by atoms with van der Waals surface area (Å²) in [6.45, 7) is -0.133. The molecule has 0 aromatic rings. The molecule has 0 radical (unpaired) electrons. The van der Waals surface area contributed by atoms with Crippen molar-refractivity contribution in [3.05, 3.63) is 0 Å². The monoisotopic (exact) mass is 268 g/mol. The summed E-state index contributed by atoms with van der Waals surface area (Å²) in [7, 11) is 1.57. The highest BCUT2D eigenvalue weighted by molar-refractivity contribution is 5.93. The molecule has 3 amide bonds. The van der Waals surface area contributed by atoms with E-state index in [1.165, 1.54) is 0 Å². The minimum absolute atomic E-state index is 0.126. The minimum atomic E-state index is -0.544. The first kappa shape index (κ1) is 13.8. The second kappa shape index (κ2) is 5.56. The molecule has 0 aliphatic carbocycles. The molecule has 0 spiro atoms. The molecule has 3 atom stereocenters. The Morgan fingerprint density at radius 2 is 2.00 bits per heavy atom. The van der Waals surface area contributed by atoms with E-state index >= 15 is 0 Å². The summed E-state index contributed by atoms with van der Waals surface area (Å²) in [5.41, 5.74) is 5.24. The molecule has 106 valence electrons. The fourth-order valence-corrected chi connectivity index (χ4v) is 2.97. The van der Waals surface area contributed by atoms with Crippen LogP contribution in [-0.4, -0.2) is 54.3 Å². The third-order valence-corrected chi connectivity index (χ3v) is 3.91. The standard InChI is InChI=1S/C12H20N4O3/c1-14-11(18)9-5-3-7-2-4-8(12(19)16(7)9)15-10(17)6-13/h7-9H,2-6,13H2,1H3,(H,14,18)(H,15,17)/t7-,8-,9-/m0/s1. The van der Waals surface area contributed by atoms with Crippen molar-refractivity contribution in [3.8, 4) is 0 Å². The first-order valence-electron chi connectivity index (χ1n) is 6.61. The molecule has 7 heteroatoms. The Hall–Kier alpha value is -1.63. The SMILES string of the molecule is CNC(=O)[C@@H]1CC[C@@H]2CC[C@H](NC(=O)CN)C(=O)N21. The van der Waals surface area contributed by atoms with E-state index in [0.717, 1.165) is 12.8 Å². The normalized spacial score (nSPS) is 29.9. The van der Waals surface area contributed by atoms with Crippen LogP contribution in [0.15, 0.2) is 0 Å². The Labute approximate surface area is 111 Å². The number of nitrogens with two attached hydrogens (primary N) is 1. The van der Waals surface area contributed by atoms with Crippen molar-refractivity contribution in [1.82, 2.24) is 15.5 Å². The molecular formula is C12H20N4O3. The van der Waals surface area contributed by atoms with Gasteiger partial charge >= 0.3 is 0 Å². The summed E-state index contributed by atoms with van der Waals surface area (Å²) in [5, 5.41) is 5.21. The number of piperidine rings is 1. The first-order valence-corrected chi connectivity index (χ1v) is 6.61. The van der Waals surface area contributed by atoms with E-state index in [1.807, 2.05) is 0 Å². The average Bonchev–Trinajstić information content (AvgIpc) is 2.85. The average molecular weight is 268 g/mol. The number of hydrogen-bond acceptors (Lipinski definition) is 4. The van der Waals surface area contributed by atoms with Crippen LogP contribution < -0.4 is 16.4 Å². The van der Waals surface area contributed by atoms with Crippen molar-refractivity contribution < 1.29 is 14.4 Å². The molecule has 2 aliphatic heterocycles. The molecule has 0 aromatic heterocycles. The zero-order chi connectivity index (χ0) is 14.0. The van der Waals surface area contributed by atoms with Crippen molar-refractivity contribution in [2.45, 2.75) is 43.8 Å². The predicted octanol–water partition coefficient (Wildman–Crippen LogP) is -1.67. The van der Waals surface area contributed by atoms with Gasteiger partial charge in [0.25, 0.3) is 0 Å². The van der Waals surface area contributed by atoms with Crippen LogP contribution in [0.2, 0.25) is 0 Å². The van der Waals surface area contributed by atoms with E-state index in [-0.39, 0.29) is 30.3 Å². The number of amides is 3. The van der Waals surface area contributed by atoms with E-state index in [0.29, 0.717) is 12.8 Å². The van der Waals surface area contributed by atoms with Crippen LogP contribution in [-0.2, 0) is 14.4 Å². The maximum absolute atomic E-state index is 12.4. The molecule has 4 N–H and O–H groups in total. The lowest BCUT2D eigenvalue weighted by Crippen LogP contribution is -2.59. The number of rotatable bonds is 3. The van der Waals surface area contributed by atoms with Gasteiger partial charge in [-0.25, -0.2) is 0 Å². The topological polar surface area (TPSA) is 105 Å². The Bertz CT molecular complexity index is 398. The minimum Gasteiger partial charge on any atom is -0.357 e. The summed E-state index contributed by atoms with van der Waals surface area (Å²) >= 11 is 0. The summed E-state index contributed by atoms with van der Waals surface area (Å²) in [6, 6.07) is -0.821. The highest BCUT2D eigenvalue weighted by atomic mass is 16.2. The van der Waals surface area contributed by atoms with Crippen molar-refractivity contribution in [2.24, 2.45) is 5.73 Å². The van der Waals surface area contributed by atoms with E-state index < -0.39 is 12.1 Å². The van der Waals surface area contributed by atoms with E-state index in [1.54, 1.807) is 11.9 Å². The quantitative estimate of drug-likeness (QED) is 0.569. The van der Waals surface area contributed by atoms with Crippen LogP contribution in [0.3, 0.4) is 0 Å². The van der Waals surface area contributed by atoms with Crippen molar-refractivity contribution in [1.29, 1.82) is 0 Å². The zero-order valence-electron chi connectivity index (χ0n) is 11.0. The summed E-state index contributed by atoms with van der Waals surface area (Å²) in [4.78, 5) is 37.1. The molecule has 2 heterocycles. The van der Waals surface area contributed by atoms with Crippen LogP contribution in [0.5, 0.6) is 0 Å². The largest absolute Gasteiger partial charge is 0.357 e. The smallest absolute Gasteiger partial charge is 0.246 e. The van der Waals surface area contributed by atoms with Gasteiger partial charge in [0.2, 0.25) is 17.7 Å². The number of hydrogen-bond donors (Lipinski definition) is 3. The van der Waals surface area contributed by atoms with Crippen molar-refractivity contribution >= 4 is 17.7 Å². The van der Waals surface area contributed by atoms with E-state index in [9.17, 15) is 14.4 Å². The second-order valence-electron chi connectivity index (χ2n) is 5.01. The molecule has 2 fully saturated rings. The van der Waals surface area contributed by atoms with Gasteiger partial charge in [0.1, 0.15) is 12.1 Å². The molecule has 2 aliphatic rings. The molecule has 0 aromatic carbocycles. The molecule has 0 bridgehead atoms. The Kier molecular flexibility index (Phi) is 4.04. The molecule has 0 unspecified atom stereocenters.